The predicted octanol–water partition coefficient (Wildman–Crippen LogP) is 3.40. The quantitative estimate of drug-likeness (QED) is 0.707. The van der Waals surface area contributed by atoms with Crippen LogP contribution in [0.3, 0.4) is 0 Å². The normalized spacial score (nSPS) is 14.9. The first-order valence-electron chi connectivity index (χ1n) is 9.05. The van der Waals surface area contributed by atoms with Crippen molar-refractivity contribution in [3.8, 4) is 17.5 Å². The Labute approximate surface area is 157 Å². The van der Waals surface area contributed by atoms with E-state index < -0.39 is 0 Å². The highest BCUT2D eigenvalue weighted by atomic mass is 16.5. The molecule has 0 saturated carbocycles. The first kappa shape index (κ1) is 17.2. The fraction of sp³-hybridized carbons (Fsp3) is 0.350. The van der Waals surface area contributed by atoms with Gasteiger partial charge in [-0.3, -0.25) is 0 Å². The monoisotopic (exact) mass is 360 g/mol. The van der Waals surface area contributed by atoms with Crippen LogP contribution in [0, 0.1) is 25.2 Å². The molecule has 0 N–H and O–H groups in total. The van der Waals surface area contributed by atoms with E-state index in [0.717, 1.165) is 42.8 Å². The third-order valence-electron chi connectivity index (χ3n) is 5.17. The number of benzene rings is 1. The van der Waals surface area contributed by atoms with E-state index in [2.05, 4.69) is 31.3 Å². The summed E-state index contributed by atoms with van der Waals surface area (Å²) in [5, 5.41) is 22.1. The van der Waals surface area contributed by atoms with Crippen molar-refractivity contribution in [3.63, 3.8) is 0 Å². The molecule has 3 aromatic rings. The van der Waals surface area contributed by atoms with Gasteiger partial charge in [-0.15, -0.1) is 5.10 Å². The number of rotatable bonds is 3. The molecular formula is C20H20N6O. The van der Waals surface area contributed by atoms with Crippen molar-refractivity contribution < 1.29 is 4.52 Å². The van der Waals surface area contributed by atoms with Gasteiger partial charge in [0.2, 0.25) is 11.7 Å². The van der Waals surface area contributed by atoms with Gasteiger partial charge in [0.05, 0.1) is 5.69 Å². The van der Waals surface area contributed by atoms with Gasteiger partial charge >= 0.3 is 0 Å². The van der Waals surface area contributed by atoms with Crippen molar-refractivity contribution in [2.45, 2.75) is 32.6 Å². The van der Waals surface area contributed by atoms with Gasteiger partial charge in [0, 0.05) is 24.6 Å². The smallest absolute Gasteiger partial charge is 0.230 e. The Bertz CT molecular complexity index is 983. The molecule has 0 aliphatic carbocycles. The number of hydrogen-bond donors (Lipinski definition) is 0. The van der Waals surface area contributed by atoms with E-state index in [1.54, 1.807) is 0 Å². The van der Waals surface area contributed by atoms with E-state index in [0.29, 0.717) is 23.1 Å². The SMILES string of the molecule is Cc1nnc(N2CCC(c3nc(-c4ccccc4)no3)CC2)c(C#N)c1C. The zero-order valence-electron chi connectivity index (χ0n) is 15.4. The molecule has 2 aromatic heterocycles. The lowest BCUT2D eigenvalue weighted by Crippen LogP contribution is -2.34. The van der Waals surface area contributed by atoms with Gasteiger partial charge in [0.15, 0.2) is 5.82 Å². The molecule has 1 saturated heterocycles. The van der Waals surface area contributed by atoms with Crippen LogP contribution in [-0.4, -0.2) is 33.4 Å². The summed E-state index contributed by atoms with van der Waals surface area (Å²) in [6.45, 7) is 5.35. The second kappa shape index (κ2) is 7.16. The molecule has 1 aliphatic heterocycles. The predicted molar refractivity (Wildman–Crippen MR) is 100 cm³/mol. The van der Waals surface area contributed by atoms with E-state index in [1.165, 1.54) is 0 Å². The largest absolute Gasteiger partial charge is 0.354 e. The van der Waals surface area contributed by atoms with E-state index in [1.807, 2.05) is 44.2 Å². The Morgan fingerprint density at radius 2 is 1.85 bits per heavy atom. The van der Waals surface area contributed by atoms with Crippen LogP contribution in [0.5, 0.6) is 0 Å². The summed E-state index contributed by atoms with van der Waals surface area (Å²) >= 11 is 0. The zero-order valence-corrected chi connectivity index (χ0v) is 15.4. The average molecular weight is 360 g/mol. The standard InChI is InChI=1S/C20H20N6O/c1-13-14(2)23-24-19(17(13)12-21)26-10-8-16(9-11-26)20-22-18(25-27-20)15-6-4-3-5-7-15/h3-7,16H,8-11H2,1-2H3. The minimum absolute atomic E-state index is 0.219. The molecular weight excluding hydrogens is 340 g/mol. The molecule has 27 heavy (non-hydrogen) atoms. The van der Waals surface area contributed by atoms with Gasteiger partial charge in [0.25, 0.3) is 0 Å². The van der Waals surface area contributed by atoms with Crippen molar-refractivity contribution >= 4 is 5.82 Å². The number of piperidine rings is 1. The van der Waals surface area contributed by atoms with Crippen LogP contribution in [0.1, 0.15) is 41.5 Å². The van der Waals surface area contributed by atoms with E-state index in [4.69, 9.17) is 4.52 Å². The summed E-state index contributed by atoms with van der Waals surface area (Å²) < 4.78 is 5.52. The first-order valence-corrected chi connectivity index (χ1v) is 9.05. The van der Waals surface area contributed by atoms with Crippen LogP contribution in [0.2, 0.25) is 0 Å². The molecule has 1 fully saturated rings. The minimum Gasteiger partial charge on any atom is -0.354 e. The molecule has 0 radical (unpaired) electrons. The molecule has 1 aliphatic rings. The highest BCUT2D eigenvalue weighted by Gasteiger charge is 2.28. The third kappa shape index (κ3) is 3.26. The lowest BCUT2D eigenvalue weighted by molar-refractivity contribution is 0.329. The van der Waals surface area contributed by atoms with Crippen LogP contribution in [0.4, 0.5) is 5.82 Å². The topological polar surface area (TPSA) is 91.7 Å². The molecule has 7 heteroatoms. The Balaban J connectivity index is 1.48. The summed E-state index contributed by atoms with van der Waals surface area (Å²) in [6.07, 6.45) is 1.74. The van der Waals surface area contributed by atoms with E-state index >= 15 is 0 Å². The van der Waals surface area contributed by atoms with Crippen molar-refractivity contribution in [2.75, 3.05) is 18.0 Å². The van der Waals surface area contributed by atoms with E-state index in [-0.39, 0.29) is 5.92 Å². The first-order chi connectivity index (χ1) is 13.2. The van der Waals surface area contributed by atoms with Crippen LogP contribution in [0.25, 0.3) is 11.4 Å². The molecule has 0 atom stereocenters. The fourth-order valence-corrected chi connectivity index (χ4v) is 3.39. The third-order valence-corrected chi connectivity index (χ3v) is 5.17. The van der Waals surface area contributed by atoms with E-state index in [9.17, 15) is 5.26 Å². The van der Waals surface area contributed by atoms with Crippen LogP contribution in [0.15, 0.2) is 34.9 Å². The maximum atomic E-state index is 9.52. The lowest BCUT2D eigenvalue weighted by atomic mass is 9.96. The van der Waals surface area contributed by atoms with Gasteiger partial charge < -0.3 is 9.42 Å². The van der Waals surface area contributed by atoms with Gasteiger partial charge in [-0.2, -0.15) is 15.3 Å². The number of hydrogen-bond acceptors (Lipinski definition) is 7. The highest BCUT2D eigenvalue weighted by Crippen LogP contribution is 2.31. The maximum absolute atomic E-state index is 9.52. The summed E-state index contributed by atoms with van der Waals surface area (Å²) in [5.74, 6) is 2.20. The molecule has 136 valence electrons. The molecule has 4 rings (SSSR count). The zero-order chi connectivity index (χ0) is 18.8. The van der Waals surface area contributed by atoms with Crippen LogP contribution < -0.4 is 4.90 Å². The summed E-state index contributed by atoms with van der Waals surface area (Å²) in [4.78, 5) is 6.71. The summed E-state index contributed by atoms with van der Waals surface area (Å²) in [6, 6.07) is 12.1. The molecule has 1 aromatic carbocycles. The molecule has 0 amide bonds. The number of nitriles is 1. The molecule has 7 nitrogen and oxygen atoms in total. The molecule has 3 heterocycles. The highest BCUT2D eigenvalue weighted by molar-refractivity contribution is 5.58. The number of aromatic nitrogens is 4. The Morgan fingerprint density at radius 3 is 2.56 bits per heavy atom. The molecule has 0 bridgehead atoms. The van der Waals surface area contributed by atoms with Crippen LogP contribution in [-0.2, 0) is 0 Å². The Hall–Kier alpha value is -3.27. The second-order valence-corrected chi connectivity index (χ2v) is 6.80. The van der Waals surface area contributed by atoms with Crippen molar-refractivity contribution in [3.05, 3.63) is 53.0 Å². The second-order valence-electron chi connectivity index (χ2n) is 6.80. The van der Waals surface area contributed by atoms with Gasteiger partial charge in [-0.25, -0.2) is 0 Å². The number of anilines is 1. The fourth-order valence-electron chi connectivity index (χ4n) is 3.39. The Morgan fingerprint density at radius 1 is 1.11 bits per heavy atom. The maximum Gasteiger partial charge on any atom is 0.230 e. The average Bonchev–Trinajstić information content (AvgIpc) is 3.21. The molecule has 0 unspecified atom stereocenters. The minimum atomic E-state index is 0.219. The summed E-state index contributed by atoms with van der Waals surface area (Å²) in [7, 11) is 0. The van der Waals surface area contributed by atoms with Gasteiger partial charge in [-0.1, -0.05) is 35.5 Å². The van der Waals surface area contributed by atoms with Gasteiger partial charge in [0.1, 0.15) is 11.6 Å². The number of nitrogens with zero attached hydrogens (tertiary/aromatic N) is 6. The number of aryl methyl sites for hydroxylation is 1. The molecule has 0 spiro atoms. The summed E-state index contributed by atoms with van der Waals surface area (Å²) in [5.41, 5.74) is 3.26. The lowest BCUT2D eigenvalue weighted by Gasteiger charge is -2.31. The van der Waals surface area contributed by atoms with Crippen molar-refractivity contribution in [1.82, 2.24) is 20.3 Å². The Kier molecular flexibility index (Phi) is 4.55. The van der Waals surface area contributed by atoms with Crippen molar-refractivity contribution in [2.24, 2.45) is 0 Å². The van der Waals surface area contributed by atoms with Crippen molar-refractivity contribution in [1.29, 1.82) is 5.26 Å². The van der Waals surface area contributed by atoms with Crippen LogP contribution >= 0.6 is 0 Å². The van der Waals surface area contributed by atoms with Gasteiger partial charge in [-0.05, 0) is 32.3 Å².